The van der Waals surface area contributed by atoms with Gasteiger partial charge in [-0.2, -0.15) is 0 Å². The van der Waals surface area contributed by atoms with Gasteiger partial charge in [-0.25, -0.2) is 4.57 Å². The second kappa shape index (κ2) is 12.0. The Kier molecular flexibility index (Phi) is 9.68. The molecule has 2 rings (SSSR count). The van der Waals surface area contributed by atoms with E-state index in [1.807, 2.05) is 38.1 Å². The average Bonchev–Trinajstić information content (AvgIpc) is 2.73. The summed E-state index contributed by atoms with van der Waals surface area (Å²) >= 11 is 0. The molecule has 6 nitrogen and oxygen atoms in total. The Morgan fingerprint density at radius 3 is 1.72 bits per heavy atom. The zero-order valence-electron chi connectivity index (χ0n) is 17.6. The van der Waals surface area contributed by atoms with E-state index in [9.17, 15) is 4.57 Å². The van der Waals surface area contributed by atoms with Crippen LogP contribution in [0, 0.1) is 19.8 Å². The summed E-state index contributed by atoms with van der Waals surface area (Å²) in [7, 11) is -4.12. The first-order chi connectivity index (χ1) is 13.9. The van der Waals surface area contributed by atoms with Crippen LogP contribution in [0.3, 0.4) is 0 Å². The predicted molar refractivity (Wildman–Crippen MR) is 113 cm³/mol. The van der Waals surface area contributed by atoms with Crippen molar-refractivity contribution < 1.29 is 28.2 Å². The molecule has 0 aliphatic heterocycles. The molecule has 0 radical (unpaired) electrons. The quantitative estimate of drug-likeness (QED) is 0.197. The van der Waals surface area contributed by atoms with Gasteiger partial charge in [-0.15, -0.1) is 0 Å². The molecular weight excluding hydrogens is 391 g/mol. The molecule has 160 valence electrons. The second-order valence-electron chi connectivity index (χ2n) is 7.10. The van der Waals surface area contributed by atoms with Crippen molar-refractivity contribution in [1.82, 2.24) is 0 Å². The van der Waals surface area contributed by atoms with Crippen LogP contribution in [0.4, 0.5) is 0 Å². The highest BCUT2D eigenvalue weighted by molar-refractivity contribution is 7.48. The van der Waals surface area contributed by atoms with Crippen LogP contribution in [0.1, 0.15) is 50.7 Å². The molecule has 0 fully saturated rings. The van der Waals surface area contributed by atoms with E-state index in [1.54, 1.807) is 24.3 Å². The minimum Gasteiger partial charge on any atom is -0.327 e. The van der Waals surface area contributed by atoms with Crippen molar-refractivity contribution in [3.63, 3.8) is 0 Å². The van der Waals surface area contributed by atoms with E-state index in [1.165, 1.54) is 0 Å². The lowest BCUT2D eigenvalue weighted by Crippen LogP contribution is -2.12. The van der Waals surface area contributed by atoms with Crippen molar-refractivity contribution in [3.8, 4) is 11.5 Å². The largest absolute Gasteiger partial charge is 0.547 e. The minimum absolute atomic E-state index is 0.224. The molecule has 0 N–H and O–H groups in total. The highest BCUT2D eigenvalue weighted by Crippen LogP contribution is 2.50. The van der Waals surface area contributed by atoms with E-state index in [0.717, 1.165) is 36.8 Å². The number of hydrogen-bond donors (Lipinski definition) is 0. The Balaban J connectivity index is 2.01. The molecule has 0 aliphatic carbocycles. The van der Waals surface area contributed by atoms with Crippen molar-refractivity contribution in [3.05, 3.63) is 59.7 Å². The van der Waals surface area contributed by atoms with E-state index in [2.05, 4.69) is 13.8 Å². The fraction of sp³-hybridized carbons (Fsp3) is 0.455. The lowest BCUT2D eigenvalue weighted by Gasteiger charge is -2.19. The van der Waals surface area contributed by atoms with Gasteiger partial charge < -0.3 is 9.78 Å². The summed E-state index contributed by atoms with van der Waals surface area (Å²) in [6.07, 6.45) is 4.05. The summed E-state index contributed by atoms with van der Waals surface area (Å²) < 4.78 is 28.8. The highest BCUT2D eigenvalue weighted by atomic mass is 31.2. The number of unbranched alkanes of at least 4 members (excludes halogenated alkanes) is 1. The lowest BCUT2D eigenvalue weighted by molar-refractivity contribution is -0.193. The molecule has 0 saturated heterocycles. The normalized spacial score (nSPS) is 12.6. The van der Waals surface area contributed by atoms with Crippen molar-refractivity contribution in [2.75, 3.05) is 6.61 Å². The van der Waals surface area contributed by atoms with Gasteiger partial charge in [0.2, 0.25) is 0 Å². The van der Waals surface area contributed by atoms with Crippen LogP contribution in [-0.2, 0) is 18.4 Å². The third-order valence-corrected chi connectivity index (χ3v) is 5.48. The molecule has 1 unspecified atom stereocenters. The van der Waals surface area contributed by atoms with Crippen LogP contribution in [0.5, 0.6) is 11.5 Å². The second-order valence-corrected chi connectivity index (χ2v) is 8.55. The Labute approximate surface area is 173 Å². The molecular formula is C22H31O6P. The summed E-state index contributed by atoms with van der Waals surface area (Å²) in [4.78, 5) is 10.4. The van der Waals surface area contributed by atoms with Crippen molar-refractivity contribution in [2.45, 2.75) is 53.4 Å². The van der Waals surface area contributed by atoms with E-state index in [-0.39, 0.29) is 12.5 Å². The van der Waals surface area contributed by atoms with Gasteiger partial charge >= 0.3 is 7.82 Å². The zero-order chi connectivity index (χ0) is 21.1. The predicted octanol–water partition coefficient (Wildman–Crippen LogP) is 6.97. The Bertz CT molecular complexity index is 706. The smallest absolute Gasteiger partial charge is 0.327 e. The third-order valence-electron chi connectivity index (χ3n) is 4.50. The summed E-state index contributed by atoms with van der Waals surface area (Å²) in [5, 5.41) is 0. The van der Waals surface area contributed by atoms with Crippen LogP contribution in [0.15, 0.2) is 48.5 Å². The van der Waals surface area contributed by atoms with Gasteiger partial charge in [-0.3, -0.25) is 4.52 Å². The minimum atomic E-state index is -4.12. The summed E-state index contributed by atoms with van der Waals surface area (Å²) in [6, 6.07) is 14.2. The molecule has 0 spiro atoms. The van der Waals surface area contributed by atoms with E-state index < -0.39 is 7.82 Å². The molecule has 0 aliphatic rings. The Morgan fingerprint density at radius 1 is 0.828 bits per heavy atom. The van der Waals surface area contributed by atoms with Gasteiger partial charge in [0, 0.05) is 0 Å². The number of hydrogen-bond acceptors (Lipinski definition) is 6. The maximum atomic E-state index is 13.1. The number of aryl methyl sites for hydroxylation is 2. The molecule has 0 heterocycles. The third kappa shape index (κ3) is 8.58. The number of phosphoric acid groups is 1. The fourth-order valence-corrected chi connectivity index (χ4v) is 3.37. The average molecular weight is 422 g/mol. The Hall–Kier alpha value is -1.85. The SMILES string of the molecule is CCCCC(CC)COP(=O)(OOc1ccc(C)cc1)OOc1ccc(C)cc1. The number of rotatable bonds is 13. The highest BCUT2D eigenvalue weighted by Gasteiger charge is 2.33. The van der Waals surface area contributed by atoms with Crippen molar-refractivity contribution in [1.29, 1.82) is 0 Å². The maximum Gasteiger partial charge on any atom is 0.547 e. The fourth-order valence-electron chi connectivity index (χ4n) is 2.52. The molecule has 2 aromatic rings. The molecule has 7 heteroatoms. The first-order valence-electron chi connectivity index (χ1n) is 10.0. The van der Waals surface area contributed by atoms with Crippen molar-refractivity contribution >= 4 is 7.82 Å². The van der Waals surface area contributed by atoms with Gasteiger partial charge in [0.1, 0.15) is 0 Å². The first-order valence-corrected chi connectivity index (χ1v) is 11.5. The van der Waals surface area contributed by atoms with Gasteiger partial charge in [0.05, 0.1) is 6.61 Å². The monoisotopic (exact) mass is 422 g/mol. The van der Waals surface area contributed by atoms with Crippen LogP contribution in [-0.4, -0.2) is 6.61 Å². The van der Waals surface area contributed by atoms with E-state index in [4.69, 9.17) is 23.6 Å². The molecule has 0 saturated carbocycles. The van der Waals surface area contributed by atoms with E-state index in [0.29, 0.717) is 11.5 Å². The van der Waals surface area contributed by atoms with Gasteiger partial charge in [-0.05, 0) is 50.5 Å². The molecule has 1 atom stereocenters. The molecule has 0 bridgehead atoms. The van der Waals surface area contributed by atoms with Crippen LogP contribution in [0.2, 0.25) is 0 Å². The summed E-state index contributed by atoms with van der Waals surface area (Å²) in [5.41, 5.74) is 2.13. The van der Waals surface area contributed by atoms with Gasteiger partial charge in [-0.1, -0.05) is 77.9 Å². The topological polar surface area (TPSA) is 63.2 Å². The Morgan fingerprint density at radius 2 is 1.31 bits per heavy atom. The molecule has 0 aromatic heterocycles. The lowest BCUT2D eigenvalue weighted by atomic mass is 10.0. The number of benzene rings is 2. The molecule has 29 heavy (non-hydrogen) atoms. The van der Waals surface area contributed by atoms with Crippen molar-refractivity contribution in [2.24, 2.45) is 5.92 Å². The first kappa shape index (κ1) is 23.4. The summed E-state index contributed by atoms with van der Waals surface area (Å²) in [5.74, 6) is 1.02. The molecule has 0 amide bonds. The van der Waals surface area contributed by atoms with Crippen LogP contribution in [0.25, 0.3) is 0 Å². The molecule has 2 aromatic carbocycles. The van der Waals surface area contributed by atoms with Gasteiger partial charge in [0.25, 0.3) is 0 Å². The maximum absolute atomic E-state index is 13.1. The van der Waals surface area contributed by atoms with Crippen LogP contribution >= 0.6 is 7.82 Å². The van der Waals surface area contributed by atoms with E-state index >= 15 is 0 Å². The zero-order valence-corrected chi connectivity index (χ0v) is 18.5. The standard InChI is InChI=1S/C22H31O6P/c1-5-7-8-20(6-2)17-24-29(23,27-25-21-13-9-18(3)10-14-21)28-26-22-15-11-19(4)12-16-22/h9-16,20H,5-8,17H2,1-4H3. The van der Waals surface area contributed by atoms with Crippen LogP contribution < -0.4 is 9.78 Å². The van der Waals surface area contributed by atoms with Gasteiger partial charge in [0.15, 0.2) is 11.5 Å². The summed E-state index contributed by atoms with van der Waals surface area (Å²) in [6.45, 7) is 8.34.